The van der Waals surface area contributed by atoms with E-state index in [1.807, 2.05) is 0 Å². The molecule has 1 aliphatic rings. The van der Waals surface area contributed by atoms with E-state index in [0.29, 0.717) is 6.54 Å². The second-order valence-corrected chi connectivity index (χ2v) is 5.66. The SMILES string of the molecule is CC1(CNC(=O)c2cc(O)ccc2[N+](=O)[O-])CCCC1. The van der Waals surface area contributed by atoms with Gasteiger partial charge in [0.25, 0.3) is 11.6 Å². The summed E-state index contributed by atoms with van der Waals surface area (Å²) in [6.07, 6.45) is 4.40. The van der Waals surface area contributed by atoms with Crippen molar-refractivity contribution >= 4 is 11.6 Å². The first-order chi connectivity index (χ1) is 9.41. The van der Waals surface area contributed by atoms with E-state index in [-0.39, 0.29) is 22.4 Å². The topological polar surface area (TPSA) is 92.5 Å². The minimum absolute atomic E-state index is 0.0707. The van der Waals surface area contributed by atoms with E-state index in [2.05, 4.69) is 12.2 Å². The van der Waals surface area contributed by atoms with Gasteiger partial charge in [-0.05, 0) is 30.4 Å². The van der Waals surface area contributed by atoms with Crippen LogP contribution in [0.15, 0.2) is 18.2 Å². The zero-order valence-corrected chi connectivity index (χ0v) is 11.4. The van der Waals surface area contributed by atoms with Crippen molar-refractivity contribution < 1.29 is 14.8 Å². The Morgan fingerprint density at radius 3 is 2.70 bits per heavy atom. The highest BCUT2D eigenvalue weighted by Gasteiger charge is 2.30. The van der Waals surface area contributed by atoms with Crippen LogP contribution in [0.1, 0.15) is 43.0 Å². The fraction of sp³-hybridized carbons (Fsp3) is 0.500. The Morgan fingerprint density at radius 1 is 1.45 bits per heavy atom. The van der Waals surface area contributed by atoms with Crippen molar-refractivity contribution in [3.63, 3.8) is 0 Å². The molecule has 0 aromatic heterocycles. The van der Waals surface area contributed by atoms with Crippen LogP contribution in [0.3, 0.4) is 0 Å². The Morgan fingerprint density at radius 2 is 2.10 bits per heavy atom. The number of rotatable bonds is 4. The molecule has 0 saturated heterocycles. The minimum Gasteiger partial charge on any atom is -0.508 e. The average Bonchev–Trinajstić information content (AvgIpc) is 2.83. The fourth-order valence-electron chi connectivity index (χ4n) is 2.66. The number of nitro groups is 1. The predicted octanol–water partition coefficient (Wildman–Crippen LogP) is 2.61. The summed E-state index contributed by atoms with van der Waals surface area (Å²) in [7, 11) is 0. The van der Waals surface area contributed by atoms with Crippen LogP contribution in [0, 0.1) is 15.5 Å². The summed E-state index contributed by atoms with van der Waals surface area (Å²) >= 11 is 0. The molecule has 2 N–H and O–H groups in total. The molecule has 0 spiro atoms. The van der Waals surface area contributed by atoms with E-state index in [9.17, 15) is 20.0 Å². The molecule has 6 heteroatoms. The Labute approximate surface area is 117 Å². The number of nitrogens with zero attached hydrogens (tertiary/aromatic N) is 1. The third kappa shape index (κ3) is 3.07. The summed E-state index contributed by atoms with van der Waals surface area (Å²) < 4.78 is 0. The summed E-state index contributed by atoms with van der Waals surface area (Å²) in [6.45, 7) is 2.61. The maximum atomic E-state index is 12.1. The molecule has 1 fully saturated rings. The van der Waals surface area contributed by atoms with Gasteiger partial charge < -0.3 is 10.4 Å². The maximum absolute atomic E-state index is 12.1. The van der Waals surface area contributed by atoms with E-state index in [4.69, 9.17) is 0 Å². The summed E-state index contributed by atoms with van der Waals surface area (Å²) in [5.41, 5.74) is -0.324. The zero-order valence-electron chi connectivity index (χ0n) is 11.4. The van der Waals surface area contributed by atoms with Crippen LogP contribution in [0.5, 0.6) is 5.75 Å². The largest absolute Gasteiger partial charge is 0.508 e. The number of phenolic OH excluding ortho intramolecular Hbond substituents is 1. The van der Waals surface area contributed by atoms with Gasteiger partial charge in [0.2, 0.25) is 0 Å². The van der Waals surface area contributed by atoms with E-state index >= 15 is 0 Å². The Kier molecular flexibility index (Phi) is 3.92. The highest BCUT2D eigenvalue weighted by atomic mass is 16.6. The normalized spacial score (nSPS) is 16.9. The molecule has 0 bridgehead atoms. The number of nitro benzene ring substituents is 1. The second kappa shape index (κ2) is 5.48. The highest BCUT2D eigenvalue weighted by molar-refractivity contribution is 5.98. The van der Waals surface area contributed by atoms with Crippen LogP contribution in [-0.4, -0.2) is 22.5 Å². The van der Waals surface area contributed by atoms with Gasteiger partial charge in [-0.25, -0.2) is 0 Å². The third-order valence-corrected chi connectivity index (χ3v) is 3.91. The van der Waals surface area contributed by atoms with E-state index in [1.54, 1.807) is 0 Å². The van der Waals surface area contributed by atoms with Gasteiger partial charge in [-0.2, -0.15) is 0 Å². The predicted molar refractivity (Wildman–Crippen MR) is 73.7 cm³/mol. The van der Waals surface area contributed by atoms with Crippen LogP contribution in [-0.2, 0) is 0 Å². The van der Waals surface area contributed by atoms with Crippen LogP contribution in [0.2, 0.25) is 0 Å². The molecular weight excluding hydrogens is 260 g/mol. The molecule has 1 saturated carbocycles. The monoisotopic (exact) mass is 278 g/mol. The van der Waals surface area contributed by atoms with Gasteiger partial charge in [-0.3, -0.25) is 14.9 Å². The van der Waals surface area contributed by atoms with E-state index < -0.39 is 10.8 Å². The molecule has 1 aliphatic carbocycles. The number of carbonyl (C=O) groups excluding carboxylic acids is 1. The molecule has 0 heterocycles. The molecule has 0 atom stereocenters. The fourth-order valence-corrected chi connectivity index (χ4v) is 2.66. The number of aromatic hydroxyl groups is 1. The molecule has 20 heavy (non-hydrogen) atoms. The van der Waals surface area contributed by atoms with Crippen molar-refractivity contribution in [1.82, 2.24) is 5.32 Å². The Balaban J connectivity index is 2.12. The summed E-state index contributed by atoms with van der Waals surface area (Å²) in [5.74, 6) is -0.673. The van der Waals surface area contributed by atoms with Crippen LogP contribution in [0.4, 0.5) is 5.69 Å². The van der Waals surface area contributed by atoms with Gasteiger partial charge in [-0.1, -0.05) is 19.8 Å². The lowest BCUT2D eigenvalue weighted by Crippen LogP contribution is -2.34. The number of hydrogen-bond donors (Lipinski definition) is 2. The van der Waals surface area contributed by atoms with Crippen LogP contribution in [0.25, 0.3) is 0 Å². The van der Waals surface area contributed by atoms with E-state index in [0.717, 1.165) is 37.8 Å². The second-order valence-electron chi connectivity index (χ2n) is 5.66. The number of hydrogen-bond acceptors (Lipinski definition) is 4. The third-order valence-electron chi connectivity index (χ3n) is 3.91. The number of amides is 1. The number of benzene rings is 1. The minimum atomic E-state index is -0.619. The van der Waals surface area contributed by atoms with Gasteiger partial charge in [0, 0.05) is 12.6 Å². The first kappa shape index (κ1) is 14.3. The Hall–Kier alpha value is -2.11. The first-order valence-electron chi connectivity index (χ1n) is 6.67. The van der Waals surface area contributed by atoms with Gasteiger partial charge in [0.15, 0.2) is 0 Å². The molecule has 0 aliphatic heterocycles. The molecule has 0 radical (unpaired) electrons. The lowest BCUT2D eigenvalue weighted by molar-refractivity contribution is -0.385. The van der Waals surface area contributed by atoms with Gasteiger partial charge in [-0.15, -0.1) is 0 Å². The van der Waals surface area contributed by atoms with Crippen molar-refractivity contribution in [2.24, 2.45) is 5.41 Å². The summed E-state index contributed by atoms with van der Waals surface area (Å²) in [5, 5.41) is 23.1. The van der Waals surface area contributed by atoms with Gasteiger partial charge in [0.1, 0.15) is 11.3 Å². The van der Waals surface area contributed by atoms with Gasteiger partial charge in [0.05, 0.1) is 4.92 Å². The van der Waals surface area contributed by atoms with Crippen molar-refractivity contribution in [3.8, 4) is 5.75 Å². The zero-order chi connectivity index (χ0) is 14.8. The smallest absolute Gasteiger partial charge is 0.282 e. The van der Waals surface area contributed by atoms with Crippen molar-refractivity contribution in [2.45, 2.75) is 32.6 Å². The van der Waals surface area contributed by atoms with Crippen molar-refractivity contribution in [2.75, 3.05) is 6.54 Å². The molecule has 0 unspecified atom stereocenters. The van der Waals surface area contributed by atoms with Crippen molar-refractivity contribution in [1.29, 1.82) is 0 Å². The number of carbonyl (C=O) groups is 1. The Bertz CT molecular complexity index is 536. The van der Waals surface area contributed by atoms with E-state index in [1.165, 1.54) is 6.07 Å². The molecule has 1 amide bonds. The molecule has 2 rings (SSSR count). The van der Waals surface area contributed by atoms with Gasteiger partial charge >= 0.3 is 0 Å². The molecule has 1 aromatic carbocycles. The number of nitrogens with one attached hydrogen (secondary N) is 1. The highest BCUT2D eigenvalue weighted by Crippen LogP contribution is 2.36. The lowest BCUT2D eigenvalue weighted by Gasteiger charge is -2.23. The van der Waals surface area contributed by atoms with Crippen LogP contribution < -0.4 is 5.32 Å². The quantitative estimate of drug-likeness (QED) is 0.654. The number of phenols is 1. The molecule has 1 aromatic rings. The molecule has 108 valence electrons. The molecular formula is C14H18N2O4. The van der Waals surface area contributed by atoms with Crippen molar-refractivity contribution in [3.05, 3.63) is 33.9 Å². The summed E-state index contributed by atoms with van der Waals surface area (Å²) in [4.78, 5) is 22.4. The first-order valence-corrected chi connectivity index (χ1v) is 6.67. The maximum Gasteiger partial charge on any atom is 0.282 e. The average molecular weight is 278 g/mol. The lowest BCUT2D eigenvalue weighted by atomic mass is 9.89. The van der Waals surface area contributed by atoms with Crippen LogP contribution >= 0.6 is 0 Å². The molecule has 6 nitrogen and oxygen atoms in total. The summed E-state index contributed by atoms with van der Waals surface area (Å²) in [6, 6.07) is 3.47. The standard InChI is InChI=1S/C14H18N2O4/c1-14(6-2-3-7-14)9-15-13(18)11-8-10(17)4-5-12(11)16(19)20/h4-5,8,17H,2-3,6-7,9H2,1H3,(H,15,18).